The maximum absolute atomic E-state index is 11.7. The zero-order chi connectivity index (χ0) is 8.15. The molecular formula is C7H16FNO. The Labute approximate surface area is 61.6 Å². The molecule has 62 valence electrons. The van der Waals surface area contributed by atoms with Gasteiger partial charge in [-0.2, -0.15) is 0 Å². The van der Waals surface area contributed by atoms with E-state index in [0.29, 0.717) is 12.6 Å². The minimum absolute atomic E-state index is 0.362. The summed E-state index contributed by atoms with van der Waals surface area (Å²) in [5, 5.41) is 8.86. The van der Waals surface area contributed by atoms with Crippen molar-refractivity contribution in [1.82, 2.24) is 4.90 Å². The first kappa shape index (κ1) is 9.85. The van der Waals surface area contributed by atoms with Gasteiger partial charge in [-0.3, -0.25) is 0 Å². The summed E-state index contributed by atoms with van der Waals surface area (Å²) in [5.74, 6) is 0. The molecule has 0 aromatic heterocycles. The number of hydrogen-bond donors (Lipinski definition) is 1. The lowest BCUT2D eigenvalue weighted by Gasteiger charge is -2.22. The molecule has 0 aliphatic carbocycles. The summed E-state index contributed by atoms with van der Waals surface area (Å²) < 4.78 is 11.7. The smallest absolute Gasteiger partial charge is 0.117 e. The van der Waals surface area contributed by atoms with Gasteiger partial charge in [0.1, 0.15) is 6.67 Å². The Morgan fingerprint density at radius 1 is 1.50 bits per heavy atom. The molecule has 0 amide bonds. The van der Waals surface area contributed by atoms with E-state index in [0.717, 1.165) is 0 Å². The number of nitrogens with zero attached hydrogens (tertiary/aromatic N) is 1. The van der Waals surface area contributed by atoms with Crippen LogP contribution in [0.15, 0.2) is 0 Å². The second kappa shape index (κ2) is 4.63. The lowest BCUT2D eigenvalue weighted by Crippen LogP contribution is -2.35. The molecule has 0 aliphatic heterocycles. The lowest BCUT2D eigenvalue weighted by atomic mass is 10.3. The highest BCUT2D eigenvalue weighted by Crippen LogP contribution is 1.95. The fraction of sp³-hybridized carbons (Fsp3) is 1.00. The molecule has 0 rings (SSSR count). The molecule has 0 radical (unpaired) electrons. The zero-order valence-electron chi connectivity index (χ0n) is 6.84. The highest BCUT2D eigenvalue weighted by Gasteiger charge is 2.09. The molecule has 10 heavy (non-hydrogen) atoms. The Kier molecular flexibility index (Phi) is 4.56. The fourth-order valence-corrected chi connectivity index (χ4v) is 0.592. The number of aliphatic hydroxyl groups is 1. The highest BCUT2D eigenvalue weighted by atomic mass is 19.1. The lowest BCUT2D eigenvalue weighted by molar-refractivity contribution is 0.0892. The van der Waals surface area contributed by atoms with Crippen LogP contribution in [-0.2, 0) is 0 Å². The molecule has 0 heterocycles. The Hall–Kier alpha value is -0.150. The number of rotatable bonds is 4. The Morgan fingerprint density at radius 3 is 2.30 bits per heavy atom. The Bertz CT molecular complexity index is 87.7. The van der Waals surface area contributed by atoms with Crippen molar-refractivity contribution in [3.63, 3.8) is 0 Å². The minimum Gasteiger partial charge on any atom is -0.389 e. The van der Waals surface area contributed by atoms with Gasteiger partial charge in [-0.1, -0.05) is 0 Å². The van der Waals surface area contributed by atoms with Crippen molar-refractivity contribution in [2.24, 2.45) is 0 Å². The zero-order valence-corrected chi connectivity index (χ0v) is 6.84. The predicted octanol–water partition coefficient (Wildman–Crippen LogP) is 0.657. The van der Waals surface area contributed by atoms with Gasteiger partial charge in [-0.25, -0.2) is 4.39 Å². The molecular weight excluding hydrogens is 133 g/mol. The average Bonchev–Trinajstić information content (AvgIpc) is 1.87. The van der Waals surface area contributed by atoms with Crippen LogP contribution < -0.4 is 0 Å². The van der Waals surface area contributed by atoms with Gasteiger partial charge in [0.05, 0.1) is 6.10 Å². The Morgan fingerprint density at radius 2 is 2.00 bits per heavy atom. The van der Waals surface area contributed by atoms with Crippen molar-refractivity contribution in [3.8, 4) is 0 Å². The van der Waals surface area contributed by atoms with E-state index >= 15 is 0 Å². The van der Waals surface area contributed by atoms with Gasteiger partial charge in [-0.15, -0.1) is 0 Å². The van der Waals surface area contributed by atoms with Gasteiger partial charge in [0, 0.05) is 12.6 Å². The SMILES string of the molecule is CC(C)N(C)CC(O)CF. The molecule has 0 aromatic rings. The van der Waals surface area contributed by atoms with Gasteiger partial charge in [0.15, 0.2) is 0 Å². The van der Waals surface area contributed by atoms with Crippen LogP contribution in [0.3, 0.4) is 0 Å². The van der Waals surface area contributed by atoms with Crippen molar-refractivity contribution in [2.75, 3.05) is 20.3 Å². The summed E-state index contributed by atoms with van der Waals surface area (Å²) in [6, 6.07) is 0.362. The van der Waals surface area contributed by atoms with Crippen LogP contribution in [0.4, 0.5) is 4.39 Å². The van der Waals surface area contributed by atoms with Crippen molar-refractivity contribution < 1.29 is 9.50 Å². The summed E-state index contributed by atoms with van der Waals surface area (Å²) in [6.45, 7) is 3.77. The van der Waals surface area contributed by atoms with E-state index in [1.54, 1.807) is 0 Å². The molecule has 1 atom stereocenters. The van der Waals surface area contributed by atoms with Gasteiger partial charge in [0.2, 0.25) is 0 Å². The molecule has 0 aromatic carbocycles. The second-order valence-electron chi connectivity index (χ2n) is 2.84. The summed E-state index contributed by atoms with van der Waals surface area (Å²) in [4.78, 5) is 1.91. The van der Waals surface area contributed by atoms with E-state index in [-0.39, 0.29) is 0 Å². The summed E-state index contributed by atoms with van der Waals surface area (Å²) >= 11 is 0. The van der Waals surface area contributed by atoms with E-state index in [1.807, 2.05) is 25.8 Å². The molecule has 0 saturated heterocycles. The van der Waals surface area contributed by atoms with Gasteiger partial charge >= 0.3 is 0 Å². The van der Waals surface area contributed by atoms with Gasteiger partial charge in [0.25, 0.3) is 0 Å². The normalized spacial score (nSPS) is 14.7. The molecule has 0 aliphatic rings. The van der Waals surface area contributed by atoms with Crippen LogP contribution in [-0.4, -0.2) is 42.4 Å². The van der Waals surface area contributed by atoms with Crippen LogP contribution in [0.25, 0.3) is 0 Å². The molecule has 0 spiro atoms. The standard InChI is InChI=1S/C7H16FNO/c1-6(2)9(3)5-7(10)4-8/h6-7,10H,4-5H2,1-3H3. The third-order valence-electron chi connectivity index (χ3n) is 1.56. The number of aliphatic hydroxyl groups excluding tert-OH is 1. The fourth-order valence-electron chi connectivity index (χ4n) is 0.592. The van der Waals surface area contributed by atoms with Crippen LogP contribution in [0, 0.1) is 0 Å². The van der Waals surface area contributed by atoms with E-state index in [2.05, 4.69) is 0 Å². The highest BCUT2D eigenvalue weighted by molar-refractivity contribution is 4.62. The third kappa shape index (κ3) is 3.80. The van der Waals surface area contributed by atoms with E-state index in [4.69, 9.17) is 5.11 Å². The summed E-state index contributed by atoms with van der Waals surface area (Å²) in [7, 11) is 1.86. The molecule has 2 nitrogen and oxygen atoms in total. The maximum Gasteiger partial charge on any atom is 0.117 e. The topological polar surface area (TPSA) is 23.5 Å². The first-order chi connectivity index (χ1) is 4.57. The number of alkyl halides is 1. The predicted molar refractivity (Wildman–Crippen MR) is 39.7 cm³/mol. The number of likely N-dealkylation sites (N-methyl/N-ethyl adjacent to an activating group) is 1. The van der Waals surface area contributed by atoms with Crippen molar-refractivity contribution >= 4 is 0 Å². The molecule has 0 bridgehead atoms. The van der Waals surface area contributed by atoms with Crippen molar-refractivity contribution in [1.29, 1.82) is 0 Å². The van der Waals surface area contributed by atoms with Crippen LogP contribution in [0.5, 0.6) is 0 Å². The molecule has 0 fully saturated rings. The molecule has 0 saturated carbocycles. The Balaban J connectivity index is 3.46. The monoisotopic (exact) mass is 149 g/mol. The first-order valence-corrected chi connectivity index (χ1v) is 3.52. The molecule has 1 unspecified atom stereocenters. The largest absolute Gasteiger partial charge is 0.389 e. The molecule has 3 heteroatoms. The van der Waals surface area contributed by atoms with Crippen molar-refractivity contribution in [2.45, 2.75) is 26.0 Å². The quantitative estimate of drug-likeness (QED) is 0.634. The number of halogens is 1. The van der Waals surface area contributed by atoms with Crippen LogP contribution in [0.1, 0.15) is 13.8 Å². The summed E-state index contributed by atoms with van der Waals surface area (Å²) in [5.41, 5.74) is 0. The van der Waals surface area contributed by atoms with E-state index < -0.39 is 12.8 Å². The maximum atomic E-state index is 11.7. The summed E-state index contributed by atoms with van der Waals surface area (Å²) in [6.07, 6.45) is -0.826. The first-order valence-electron chi connectivity index (χ1n) is 3.52. The van der Waals surface area contributed by atoms with E-state index in [9.17, 15) is 4.39 Å². The van der Waals surface area contributed by atoms with Gasteiger partial charge in [-0.05, 0) is 20.9 Å². The van der Waals surface area contributed by atoms with E-state index in [1.165, 1.54) is 0 Å². The van der Waals surface area contributed by atoms with Crippen molar-refractivity contribution in [3.05, 3.63) is 0 Å². The number of hydrogen-bond acceptors (Lipinski definition) is 2. The molecule has 1 N–H and O–H groups in total. The average molecular weight is 149 g/mol. The third-order valence-corrected chi connectivity index (χ3v) is 1.56. The second-order valence-corrected chi connectivity index (χ2v) is 2.84. The van der Waals surface area contributed by atoms with Crippen LogP contribution >= 0.6 is 0 Å². The van der Waals surface area contributed by atoms with Gasteiger partial charge < -0.3 is 10.0 Å². The van der Waals surface area contributed by atoms with Crippen LogP contribution in [0.2, 0.25) is 0 Å². The minimum atomic E-state index is -0.826.